The first kappa shape index (κ1) is 20.2. The number of rotatable bonds is 8. The lowest BCUT2D eigenvalue weighted by Crippen LogP contribution is -2.24. The second kappa shape index (κ2) is 9.09. The highest BCUT2D eigenvalue weighted by atomic mass is 32.2. The highest BCUT2D eigenvalue weighted by molar-refractivity contribution is 7.89. The maximum absolute atomic E-state index is 12.3. The van der Waals surface area contributed by atoms with Gasteiger partial charge in [0.2, 0.25) is 15.9 Å². The molecule has 0 radical (unpaired) electrons. The van der Waals surface area contributed by atoms with E-state index in [9.17, 15) is 13.2 Å². The number of ether oxygens (including phenoxy) is 1. The van der Waals surface area contributed by atoms with Crippen LogP contribution in [0.5, 0.6) is 0 Å². The molecule has 0 aliphatic carbocycles. The third-order valence-electron chi connectivity index (χ3n) is 3.72. The standard InChI is InChI=1S/C19H16N4O5S/c20-10-5-11-21-29(25,26)16-9-4-8-15(12-16)19(24)27-13-17-22-23-18(28-17)14-6-2-1-3-7-14/h1-4,6-9,12,21H,5,11,13H2. The fourth-order valence-corrected chi connectivity index (χ4v) is 3.41. The van der Waals surface area contributed by atoms with Crippen molar-refractivity contribution >= 4 is 16.0 Å². The van der Waals surface area contributed by atoms with Crippen LogP contribution in [0.4, 0.5) is 0 Å². The molecule has 0 saturated carbocycles. The Balaban J connectivity index is 1.64. The van der Waals surface area contributed by atoms with E-state index in [4.69, 9.17) is 14.4 Å². The molecule has 0 fully saturated rings. The maximum Gasteiger partial charge on any atom is 0.338 e. The zero-order valence-corrected chi connectivity index (χ0v) is 15.9. The topological polar surface area (TPSA) is 135 Å². The van der Waals surface area contributed by atoms with Crippen LogP contribution in [0.25, 0.3) is 11.5 Å². The Labute approximate surface area is 167 Å². The summed E-state index contributed by atoms with van der Waals surface area (Å²) in [5.41, 5.74) is 0.787. The van der Waals surface area contributed by atoms with E-state index in [-0.39, 0.29) is 35.9 Å². The second-order valence-electron chi connectivity index (χ2n) is 5.78. The van der Waals surface area contributed by atoms with Crippen LogP contribution in [0.1, 0.15) is 22.7 Å². The van der Waals surface area contributed by atoms with Crippen LogP contribution in [0.2, 0.25) is 0 Å². The minimum atomic E-state index is -3.83. The molecule has 1 N–H and O–H groups in total. The predicted molar refractivity (Wildman–Crippen MR) is 101 cm³/mol. The van der Waals surface area contributed by atoms with Crippen molar-refractivity contribution in [3.63, 3.8) is 0 Å². The van der Waals surface area contributed by atoms with E-state index in [1.807, 2.05) is 24.3 Å². The van der Waals surface area contributed by atoms with Gasteiger partial charge in [-0.1, -0.05) is 24.3 Å². The zero-order chi connectivity index (χ0) is 20.7. The molecular weight excluding hydrogens is 396 g/mol. The number of benzene rings is 2. The Morgan fingerprint density at radius 2 is 1.93 bits per heavy atom. The molecule has 2 aromatic carbocycles. The average Bonchev–Trinajstić information content (AvgIpc) is 3.22. The molecule has 0 aliphatic rings. The van der Waals surface area contributed by atoms with Crippen molar-refractivity contribution in [1.82, 2.24) is 14.9 Å². The predicted octanol–water partition coefficient (Wildman–Crippen LogP) is 2.29. The lowest BCUT2D eigenvalue weighted by molar-refractivity contribution is 0.0438. The largest absolute Gasteiger partial charge is 0.452 e. The highest BCUT2D eigenvalue weighted by Crippen LogP contribution is 2.18. The molecular formula is C19H16N4O5S. The smallest absolute Gasteiger partial charge is 0.338 e. The van der Waals surface area contributed by atoms with Gasteiger partial charge < -0.3 is 9.15 Å². The second-order valence-corrected chi connectivity index (χ2v) is 7.54. The van der Waals surface area contributed by atoms with Crippen molar-refractivity contribution in [2.45, 2.75) is 17.9 Å². The Morgan fingerprint density at radius 1 is 1.14 bits per heavy atom. The summed E-state index contributed by atoms with van der Waals surface area (Å²) < 4.78 is 37.3. The Morgan fingerprint density at radius 3 is 2.69 bits per heavy atom. The van der Waals surface area contributed by atoms with Gasteiger partial charge in [0.05, 0.1) is 16.5 Å². The molecule has 0 aliphatic heterocycles. The fourth-order valence-electron chi connectivity index (χ4n) is 2.33. The highest BCUT2D eigenvalue weighted by Gasteiger charge is 2.17. The van der Waals surface area contributed by atoms with Gasteiger partial charge in [-0.25, -0.2) is 17.9 Å². The minimum Gasteiger partial charge on any atom is -0.452 e. The molecule has 1 heterocycles. The number of nitriles is 1. The Bertz CT molecular complexity index is 1140. The van der Waals surface area contributed by atoms with Gasteiger partial charge in [0.25, 0.3) is 5.89 Å². The maximum atomic E-state index is 12.3. The van der Waals surface area contributed by atoms with Gasteiger partial charge in [0, 0.05) is 18.5 Å². The number of hydrogen-bond donors (Lipinski definition) is 1. The summed E-state index contributed by atoms with van der Waals surface area (Å²) in [6, 6.07) is 16.4. The number of aromatic nitrogens is 2. The van der Waals surface area contributed by atoms with Crippen LogP contribution < -0.4 is 4.72 Å². The van der Waals surface area contributed by atoms with Gasteiger partial charge in [0.1, 0.15) is 0 Å². The van der Waals surface area contributed by atoms with E-state index in [0.29, 0.717) is 5.89 Å². The first-order chi connectivity index (χ1) is 14.0. The summed E-state index contributed by atoms with van der Waals surface area (Å²) in [6.45, 7) is -0.273. The number of nitrogens with zero attached hydrogens (tertiary/aromatic N) is 3. The van der Waals surface area contributed by atoms with Gasteiger partial charge in [-0.2, -0.15) is 5.26 Å². The Kier molecular flexibility index (Phi) is 6.33. The van der Waals surface area contributed by atoms with E-state index in [0.717, 1.165) is 5.56 Å². The van der Waals surface area contributed by atoms with Crippen molar-refractivity contribution in [2.75, 3.05) is 6.54 Å². The van der Waals surface area contributed by atoms with Crippen molar-refractivity contribution in [1.29, 1.82) is 5.26 Å². The van der Waals surface area contributed by atoms with Crippen LogP contribution in [-0.2, 0) is 21.4 Å². The first-order valence-corrected chi connectivity index (χ1v) is 9.99. The molecule has 1 aromatic heterocycles. The van der Waals surface area contributed by atoms with Crippen molar-refractivity contribution in [3.8, 4) is 17.5 Å². The van der Waals surface area contributed by atoms with Gasteiger partial charge in [-0.3, -0.25) is 0 Å². The number of carbonyl (C=O) groups excluding carboxylic acids is 1. The normalized spacial score (nSPS) is 11.0. The zero-order valence-electron chi connectivity index (χ0n) is 15.1. The molecule has 29 heavy (non-hydrogen) atoms. The number of nitrogens with one attached hydrogen (secondary N) is 1. The number of esters is 1. The van der Waals surface area contributed by atoms with Gasteiger partial charge in [-0.15, -0.1) is 10.2 Å². The van der Waals surface area contributed by atoms with Crippen LogP contribution >= 0.6 is 0 Å². The van der Waals surface area contributed by atoms with E-state index in [1.54, 1.807) is 12.1 Å². The number of sulfonamides is 1. The molecule has 0 amide bonds. The monoisotopic (exact) mass is 412 g/mol. The minimum absolute atomic E-state index is 0.0194. The molecule has 10 heteroatoms. The van der Waals surface area contributed by atoms with E-state index < -0.39 is 16.0 Å². The fraction of sp³-hybridized carbons (Fsp3) is 0.158. The summed E-state index contributed by atoms with van der Waals surface area (Å²) in [4.78, 5) is 12.2. The third kappa shape index (κ3) is 5.25. The quantitative estimate of drug-likeness (QED) is 0.440. The molecule has 0 saturated heterocycles. The van der Waals surface area contributed by atoms with Crippen molar-refractivity contribution in [2.24, 2.45) is 0 Å². The summed E-state index contributed by atoms with van der Waals surface area (Å²) >= 11 is 0. The molecule has 3 aromatic rings. The molecule has 0 atom stereocenters. The van der Waals surface area contributed by atoms with E-state index in [1.165, 1.54) is 24.3 Å². The lowest BCUT2D eigenvalue weighted by Gasteiger charge is -2.07. The molecule has 3 rings (SSSR count). The summed E-state index contributed by atoms with van der Waals surface area (Å²) in [7, 11) is -3.83. The molecule has 0 spiro atoms. The number of carbonyl (C=O) groups is 1. The lowest BCUT2D eigenvalue weighted by atomic mass is 10.2. The first-order valence-electron chi connectivity index (χ1n) is 8.51. The van der Waals surface area contributed by atoms with Crippen molar-refractivity contribution in [3.05, 3.63) is 66.1 Å². The summed E-state index contributed by atoms with van der Waals surface area (Å²) in [5, 5.41) is 16.2. The van der Waals surface area contributed by atoms with Gasteiger partial charge in [0.15, 0.2) is 6.61 Å². The summed E-state index contributed by atoms with van der Waals surface area (Å²) in [6.07, 6.45) is 0.0378. The molecule has 0 unspecified atom stereocenters. The van der Waals surface area contributed by atoms with Crippen LogP contribution in [-0.4, -0.2) is 31.1 Å². The van der Waals surface area contributed by atoms with Crippen LogP contribution in [0, 0.1) is 11.3 Å². The van der Waals surface area contributed by atoms with E-state index >= 15 is 0 Å². The molecule has 0 bridgehead atoms. The number of hydrogen-bond acceptors (Lipinski definition) is 8. The van der Waals surface area contributed by atoms with Crippen LogP contribution in [0.3, 0.4) is 0 Å². The third-order valence-corrected chi connectivity index (χ3v) is 5.18. The van der Waals surface area contributed by atoms with Gasteiger partial charge >= 0.3 is 5.97 Å². The van der Waals surface area contributed by atoms with Crippen molar-refractivity contribution < 1.29 is 22.4 Å². The summed E-state index contributed by atoms with van der Waals surface area (Å²) in [5.74, 6) is -0.328. The SMILES string of the molecule is N#CCCNS(=O)(=O)c1cccc(C(=O)OCc2nnc(-c3ccccc3)o2)c1. The van der Waals surface area contributed by atoms with Crippen LogP contribution in [0.15, 0.2) is 63.9 Å². The molecule has 9 nitrogen and oxygen atoms in total. The Hall–Kier alpha value is -3.55. The molecule has 148 valence electrons. The average molecular weight is 412 g/mol. The van der Waals surface area contributed by atoms with Gasteiger partial charge in [-0.05, 0) is 30.3 Å². The van der Waals surface area contributed by atoms with E-state index in [2.05, 4.69) is 14.9 Å².